The third-order valence-electron chi connectivity index (χ3n) is 5.09. The summed E-state index contributed by atoms with van der Waals surface area (Å²) in [5, 5.41) is 13.1. The molecule has 0 radical (unpaired) electrons. The first-order chi connectivity index (χ1) is 14.1. The van der Waals surface area contributed by atoms with Gasteiger partial charge in [-0.2, -0.15) is 0 Å². The van der Waals surface area contributed by atoms with Gasteiger partial charge in [0.05, 0.1) is 6.10 Å². The van der Waals surface area contributed by atoms with Crippen LogP contribution in [0.1, 0.15) is 34.5 Å². The molecule has 1 aliphatic heterocycles. The van der Waals surface area contributed by atoms with Crippen LogP contribution in [0.3, 0.4) is 0 Å². The number of carbonyl (C=O) groups excluding carboxylic acids is 1. The first-order valence-corrected chi connectivity index (χ1v) is 10.7. The number of aromatic nitrogens is 1. The molecule has 1 fully saturated rings. The van der Waals surface area contributed by atoms with Crippen molar-refractivity contribution in [2.45, 2.75) is 32.4 Å². The Morgan fingerprint density at radius 1 is 1.24 bits per heavy atom. The van der Waals surface area contributed by atoms with Crippen LogP contribution in [0.4, 0.5) is 0 Å². The molecule has 3 aromatic rings. The zero-order valence-corrected chi connectivity index (χ0v) is 17.2. The van der Waals surface area contributed by atoms with Crippen molar-refractivity contribution in [2.75, 3.05) is 13.2 Å². The van der Waals surface area contributed by atoms with E-state index in [4.69, 9.17) is 4.74 Å². The highest BCUT2D eigenvalue weighted by molar-refractivity contribution is 7.13. The zero-order chi connectivity index (χ0) is 20.2. The number of benzene rings is 2. The lowest BCUT2D eigenvalue weighted by Gasteiger charge is -2.26. The fourth-order valence-electron chi connectivity index (χ4n) is 3.53. The summed E-state index contributed by atoms with van der Waals surface area (Å²) in [5.41, 5.74) is 3.35. The number of carbonyl (C=O) groups is 1. The molecule has 1 saturated heterocycles. The van der Waals surface area contributed by atoms with Gasteiger partial charge in [-0.1, -0.05) is 30.3 Å². The lowest BCUT2D eigenvalue weighted by molar-refractivity contribution is 0.0506. The van der Waals surface area contributed by atoms with Gasteiger partial charge in [-0.25, -0.2) is 4.98 Å². The molecule has 2 heterocycles. The molecular formula is C23H24N2O3S. The van der Waals surface area contributed by atoms with E-state index in [1.165, 1.54) is 0 Å². The predicted octanol–water partition coefficient (Wildman–Crippen LogP) is 4.65. The smallest absolute Gasteiger partial charge is 0.254 e. The van der Waals surface area contributed by atoms with E-state index in [2.05, 4.69) is 4.98 Å². The highest BCUT2D eigenvalue weighted by Gasteiger charge is 2.24. The molecule has 0 spiro atoms. The van der Waals surface area contributed by atoms with Gasteiger partial charge in [0.25, 0.3) is 5.91 Å². The summed E-state index contributed by atoms with van der Waals surface area (Å²) >= 11 is 1.60. The summed E-state index contributed by atoms with van der Waals surface area (Å²) in [6.45, 7) is 3.57. The van der Waals surface area contributed by atoms with E-state index >= 15 is 0 Å². The van der Waals surface area contributed by atoms with Crippen LogP contribution < -0.4 is 0 Å². The lowest BCUT2D eigenvalue weighted by atomic mass is 10.1. The second-order valence-corrected chi connectivity index (χ2v) is 8.18. The molecule has 1 unspecified atom stereocenters. The normalized spacial score (nSPS) is 16.1. The first-order valence-electron chi connectivity index (χ1n) is 9.80. The van der Waals surface area contributed by atoms with Crippen LogP contribution in [0.25, 0.3) is 10.6 Å². The monoisotopic (exact) mass is 408 g/mol. The number of hydrogen-bond acceptors (Lipinski definition) is 5. The molecular weight excluding hydrogens is 384 g/mol. The van der Waals surface area contributed by atoms with Crippen LogP contribution in [0.2, 0.25) is 0 Å². The van der Waals surface area contributed by atoms with Crippen LogP contribution in [-0.4, -0.2) is 40.2 Å². The van der Waals surface area contributed by atoms with Crippen molar-refractivity contribution >= 4 is 17.2 Å². The summed E-state index contributed by atoms with van der Waals surface area (Å²) in [6, 6.07) is 14.7. The topological polar surface area (TPSA) is 62.7 Å². The van der Waals surface area contributed by atoms with Gasteiger partial charge in [0.15, 0.2) is 0 Å². The Bertz CT molecular complexity index is 978. The summed E-state index contributed by atoms with van der Waals surface area (Å²) in [4.78, 5) is 19.6. The van der Waals surface area contributed by atoms with E-state index in [-0.39, 0.29) is 17.8 Å². The third-order valence-corrected chi connectivity index (χ3v) is 6.10. The number of para-hydroxylation sites is 1. The Morgan fingerprint density at radius 3 is 2.69 bits per heavy atom. The number of amides is 1. The molecule has 1 atom stereocenters. The fourth-order valence-corrected chi connectivity index (χ4v) is 4.33. The van der Waals surface area contributed by atoms with Crippen LogP contribution in [0.15, 0.2) is 53.9 Å². The minimum absolute atomic E-state index is 0.0439. The van der Waals surface area contributed by atoms with Gasteiger partial charge in [-0.3, -0.25) is 4.79 Å². The van der Waals surface area contributed by atoms with Gasteiger partial charge in [0.1, 0.15) is 10.8 Å². The van der Waals surface area contributed by atoms with E-state index in [1.807, 2.05) is 48.7 Å². The Kier molecular flexibility index (Phi) is 5.92. The number of ether oxygens (including phenoxy) is 1. The molecule has 1 amide bonds. The maximum atomic E-state index is 13.3. The molecule has 1 N–H and O–H groups in total. The van der Waals surface area contributed by atoms with Gasteiger partial charge in [-0.05, 0) is 38.0 Å². The molecule has 150 valence electrons. The number of rotatable bonds is 6. The Hall–Kier alpha value is -2.70. The molecule has 1 aromatic heterocycles. The minimum atomic E-state index is -0.0642. The Morgan fingerprint density at radius 2 is 2.03 bits per heavy atom. The van der Waals surface area contributed by atoms with Crippen molar-refractivity contribution in [3.63, 3.8) is 0 Å². The molecule has 4 rings (SSSR count). The summed E-state index contributed by atoms with van der Waals surface area (Å²) < 4.78 is 5.75. The Labute approximate surface area is 174 Å². The van der Waals surface area contributed by atoms with Crippen LogP contribution in [0, 0.1) is 6.92 Å². The van der Waals surface area contributed by atoms with Gasteiger partial charge in [0, 0.05) is 47.5 Å². The fraction of sp³-hybridized carbons (Fsp3) is 0.304. The maximum absolute atomic E-state index is 13.3. The van der Waals surface area contributed by atoms with Gasteiger partial charge in [0.2, 0.25) is 0 Å². The average Bonchev–Trinajstić information content (AvgIpc) is 3.40. The van der Waals surface area contributed by atoms with Crippen molar-refractivity contribution in [3.8, 4) is 16.3 Å². The van der Waals surface area contributed by atoms with Crippen molar-refractivity contribution in [2.24, 2.45) is 0 Å². The van der Waals surface area contributed by atoms with E-state index in [0.717, 1.165) is 41.3 Å². The summed E-state index contributed by atoms with van der Waals surface area (Å²) in [7, 11) is 0. The SMILES string of the molecule is Cc1csc(-c2ccc(C(=O)N(Cc3ccccc3O)CC3CCCO3)cc2)n1. The molecule has 0 saturated carbocycles. The van der Waals surface area contributed by atoms with Gasteiger partial charge in [-0.15, -0.1) is 11.3 Å². The lowest BCUT2D eigenvalue weighted by Crippen LogP contribution is -2.37. The Balaban J connectivity index is 1.55. The third kappa shape index (κ3) is 4.66. The van der Waals surface area contributed by atoms with E-state index in [1.54, 1.807) is 28.4 Å². The van der Waals surface area contributed by atoms with Crippen molar-refractivity contribution in [1.82, 2.24) is 9.88 Å². The predicted molar refractivity (Wildman–Crippen MR) is 114 cm³/mol. The van der Waals surface area contributed by atoms with Crippen LogP contribution in [-0.2, 0) is 11.3 Å². The van der Waals surface area contributed by atoms with Crippen LogP contribution >= 0.6 is 11.3 Å². The molecule has 1 aliphatic rings. The summed E-state index contributed by atoms with van der Waals surface area (Å²) in [5.74, 6) is 0.137. The largest absolute Gasteiger partial charge is 0.508 e. The number of phenolic OH excluding ortho intramolecular Hbond substituents is 1. The second-order valence-electron chi connectivity index (χ2n) is 7.32. The molecule has 2 aromatic carbocycles. The van der Waals surface area contributed by atoms with E-state index < -0.39 is 0 Å². The van der Waals surface area contributed by atoms with Crippen molar-refractivity contribution in [1.29, 1.82) is 0 Å². The maximum Gasteiger partial charge on any atom is 0.254 e. The molecule has 5 nitrogen and oxygen atoms in total. The number of aryl methyl sites for hydroxylation is 1. The quantitative estimate of drug-likeness (QED) is 0.645. The number of hydrogen-bond donors (Lipinski definition) is 1. The molecule has 0 bridgehead atoms. The summed E-state index contributed by atoms with van der Waals surface area (Å²) in [6.07, 6.45) is 2.01. The average molecular weight is 409 g/mol. The highest BCUT2D eigenvalue weighted by Crippen LogP contribution is 2.25. The molecule has 0 aliphatic carbocycles. The van der Waals surface area contributed by atoms with Crippen LogP contribution in [0.5, 0.6) is 5.75 Å². The first kappa shape index (κ1) is 19.6. The standard InChI is InChI=1S/C23H24N2O3S/c1-16-15-29-22(24-16)17-8-10-18(11-9-17)23(27)25(14-20-6-4-12-28-20)13-19-5-2-3-7-21(19)26/h2-3,5,7-11,15,20,26H,4,6,12-14H2,1H3. The molecule has 6 heteroatoms. The minimum Gasteiger partial charge on any atom is -0.508 e. The second kappa shape index (κ2) is 8.76. The number of aromatic hydroxyl groups is 1. The number of phenols is 1. The highest BCUT2D eigenvalue weighted by atomic mass is 32.1. The number of thiazole rings is 1. The van der Waals surface area contributed by atoms with Crippen molar-refractivity contribution < 1.29 is 14.6 Å². The van der Waals surface area contributed by atoms with E-state index in [0.29, 0.717) is 18.7 Å². The van der Waals surface area contributed by atoms with Crippen molar-refractivity contribution in [3.05, 3.63) is 70.7 Å². The van der Waals surface area contributed by atoms with Gasteiger partial charge < -0.3 is 14.7 Å². The van der Waals surface area contributed by atoms with E-state index in [9.17, 15) is 9.90 Å². The van der Waals surface area contributed by atoms with Gasteiger partial charge >= 0.3 is 0 Å². The molecule has 29 heavy (non-hydrogen) atoms. The number of nitrogens with zero attached hydrogens (tertiary/aromatic N) is 2. The zero-order valence-electron chi connectivity index (χ0n) is 16.4.